The van der Waals surface area contributed by atoms with Crippen LogP contribution in [-0.2, 0) is 11.8 Å². The molecule has 1 aromatic rings. The quantitative estimate of drug-likeness (QED) is 0.718. The van der Waals surface area contributed by atoms with Crippen molar-refractivity contribution in [3.8, 4) is 0 Å². The monoisotopic (exact) mass is 277 g/mol. The van der Waals surface area contributed by atoms with Gasteiger partial charge in [-0.05, 0) is 19.3 Å². The van der Waals surface area contributed by atoms with Gasteiger partial charge in [-0.15, -0.1) is 5.10 Å². The van der Waals surface area contributed by atoms with Gasteiger partial charge in [0.25, 0.3) is 5.91 Å². The van der Waals surface area contributed by atoms with Crippen LogP contribution >= 0.6 is 0 Å². The maximum Gasteiger partial charge on any atom is 0.293 e. The second-order valence-corrected chi connectivity index (χ2v) is 5.83. The summed E-state index contributed by atoms with van der Waals surface area (Å²) in [7, 11) is 3.56. The smallest absolute Gasteiger partial charge is 0.293 e. The Labute approximate surface area is 117 Å². The van der Waals surface area contributed by atoms with Gasteiger partial charge in [0.05, 0.1) is 5.41 Å². The Morgan fingerprint density at radius 2 is 2.10 bits per heavy atom. The standard InChI is InChI=1S/C13H19N5O2/c1-16-7-5-13(12(16)20)4-3-6-18(8-13)11(19)10-14-9-17(2)15-10/h9H,3-8H2,1-2H3. The zero-order valence-electron chi connectivity index (χ0n) is 11.9. The number of aromatic nitrogens is 3. The Kier molecular flexibility index (Phi) is 2.99. The Hall–Kier alpha value is -1.92. The summed E-state index contributed by atoms with van der Waals surface area (Å²) in [5.74, 6) is 0.208. The molecule has 0 aliphatic carbocycles. The van der Waals surface area contributed by atoms with Crippen LogP contribution in [0.25, 0.3) is 0 Å². The number of amides is 2. The SMILES string of the molecule is CN1CCC2(CCCN(C(=O)c3ncn(C)n3)C2)C1=O. The second-order valence-electron chi connectivity index (χ2n) is 5.83. The largest absolute Gasteiger partial charge is 0.345 e. The molecule has 7 heteroatoms. The lowest BCUT2D eigenvalue weighted by Crippen LogP contribution is -2.49. The average molecular weight is 277 g/mol. The van der Waals surface area contributed by atoms with Gasteiger partial charge in [-0.2, -0.15) is 0 Å². The topological polar surface area (TPSA) is 71.3 Å². The van der Waals surface area contributed by atoms with E-state index in [4.69, 9.17) is 0 Å². The highest BCUT2D eigenvalue weighted by atomic mass is 16.2. The summed E-state index contributed by atoms with van der Waals surface area (Å²) in [6, 6.07) is 0. The van der Waals surface area contributed by atoms with E-state index in [2.05, 4.69) is 10.1 Å². The minimum Gasteiger partial charge on any atom is -0.345 e. The maximum atomic E-state index is 12.4. The van der Waals surface area contributed by atoms with Crippen molar-refractivity contribution < 1.29 is 9.59 Å². The molecule has 0 N–H and O–H groups in total. The molecule has 0 radical (unpaired) electrons. The van der Waals surface area contributed by atoms with Crippen LogP contribution in [0.5, 0.6) is 0 Å². The van der Waals surface area contributed by atoms with Crippen LogP contribution in [0, 0.1) is 5.41 Å². The number of likely N-dealkylation sites (tertiary alicyclic amines) is 2. The molecule has 1 unspecified atom stereocenters. The fourth-order valence-electron chi connectivity index (χ4n) is 3.26. The van der Waals surface area contributed by atoms with Gasteiger partial charge in [0.15, 0.2) is 0 Å². The van der Waals surface area contributed by atoms with Crippen molar-refractivity contribution >= 4 is 11.8 Å². The van der Waals surface area contributed by atoms with Crippen LogP contribution in [0.2, 0.25) is 0 Å². The van der Waals surface area contributed by atoms with E-state index in [9.17, 15) is 9.59 Å². The molecule has 0 aromatic carbocycles. The van der Waals surface area contributed by atoms with E-state index in [1.54, 1.807) is 16.8 Å². The van der Waals surface area contributed by atoms with Crippen molar-refractivity contribution in [1.82, 2.24) is 24.6 Å². The molecule has 108 valence electrons. The predicted molar refractivity (Wildman–Crippen MR) is 70.8 cm³/mol. The van der Waals surface area contributed by atoms with E-state index >= 15 is 0 Å². The van der Waals surface area contributed by atoms with Gasteiger partial charge in [0.1, 0.15) is 6.33 Å². The van der Waals surface area contributed by atoms with Gasteiger partial charge >= 0.3 is 0 Å². The Morgan fingerprint density at radius 1 is 1.30 bits per heavy atom. The van der Waals surface area contributed by atoms with Crippen LogP contribution in [-0.4, -0.2) is 63.1 Å². The van der Waals surface area contributed by atoms with Crippen LogP contribution < -0.4 is 0 Å². The molecular weight excluding hydrogens is 258 g/mol. The van der Waals surface area contributed by atoms with Crippen molar-refractivity contribution in [3.63, 3.8) is 0 Å². The van der Waals surface area contributed by atoms with E-state index in [1.807, 2.05) is 7.05 Å². The number of rotatable bonds is 1. The zero-order valence-corrected chi connectivity index (χ0v) is 11.9. The molecule has 1 spiro atoms. The van der Waals surface area contributed by atoms with E-state index < -0.39 is 0 Å². The summed E-state index contributed by atoms with van der Waals surface area (Å²) in [5, 5.41) is 4.05. The molecule has 2 aliphatic rings. The summed E-state index contributed by atoms with van der Waals surface area (Å²) >= 11 is 0. The fourth-order valence-corrected chi connectivity index (χ4v) is 3.26. The average Bonchev–Trinajstić information content (AvgIpc) is 2.99. The van der Waals surface area contributed by atoms with E-state index in [0.717, 1.165) is 25.8 Å². The van der Waals surface area contributed by atoms with Crippen molar-refractivity contribution in [2.75, 3.05) is 26.7 Å². The highest BCUT2D eigenvalue weighted by Gasteiger charge is 2.48. The molecule has 2 saturated heterocycles. The number of piperidine rings is 1. The molecule has 3 heterocycles. The van der Waals surface area contributed by atoms with E-state index in [-0.39, 0.29) is 23.1 Å². The minimum atomic E-state index is -0.378. The van der Waals surface area contributed by atoms with Crippen LogP contribution in [0.4, 0.5) is 0 Å². The predicted octanol–water partition coefficient (Wildman–Crippen LogP) is -0.100. The van der Waals surface area contributed by atoms with Crippen molar-refractivity contribution in [3.05, 3.63) is 12.2 Å². The molecular formula is C13H19N5O2. The third-order valence-corrected chi connectivity index (χ3v) is 4.38. The molecule has 1 aromatic heterocycles. The highest BCUT2D eigenvalue weighted by Crippen LogP contribution is 2.39. The van der Waals surface area contributed by atoms with Crippen LogP contribution in [0.1, 0.15) is 29.9 Å². The molecule has 1 atom stereocenters. The van der Waals surface area contributed by atoms with E-state index in [1.165, 1.54) is 11.0 Å². The zero-order chi connectivity index (χ0) is 14.3. The lowest BCUT2D eigenvalue weighted by atomic mass is 9.78. The number of carbonyl (C=O) groups excluding carboxylic acids is 2. The van der Waals surface area contributed by atoms with Gasteiger partial charge in [-0.1, -0.05) is 0 Å². The number of aryl methyl sites for hydroxylation is 1. The Bertz CT molecular complexity index is 551. The highest BCUT2D eigenvalue weighted by molar-refractivity contribution is 5.92. The minimum absolute atomic E-state index is 0.170. The number of carbonyl (C=O) groups is 2. The second kappa shape index (κ2) is 4.57. The molecule has 20 heavy (non-hydrogen) atoms. The third-order valence-electron chi connectivity index (χ3n) is 4.38. The normalized spacial score (nSPS) is 26.6. The summed E-state index contributed by atoms with van der Waals surface area (Å²) in [6.45, 7) is 1.95. The summed E-state index contributed by atoms with van der Waals surface area (Å²) in [5.41, 5.74) is -0.378. The van der Waals surface area contributed by atoms with Gasteiger partial charge in [-0.25, -0.2) is 4.98 Å². The van der Waals surface area contributed by atoms with Gasteiger partial charge in [0, 0.05) is 33.7 Å². The molecule has 0 bridgehead atoms. The molecule has 0 saturated carbocycles. The lowest BCUT2D eigenvalue weighted by Gasteiger charge is -2.38. The lowest BCUT2D eigenvalue weighted by molar-refractivity contribution is -0.137. The third kappa shape index (κ3) is 1.97. The molecule has 2 fully saturated rings. The first-order chi connectivity index (χ1) is 9.52. The Balaban J connectivity index is 1.79. The number of hydrogen-bond acceptors (Lipinski definition) is 4. The first-order valence-electron chi connectivity index (χ1n) is 6.92. The summed E-state index contributed by atoms with van der Waals surface area (Å²) in [6.07, 6.45) is 4.08. The number of nitrogens with zero attached hydrogens (tertiary/aromatic N) is 5. The molecule has 2 amide bonds. The Morgan fingerprint density at radius 3 is 2.70 bits per heavy atom. The van der Waals surface area contributed by atoms with Crippen molar-refractivity contribution in [2.24, 2.45) is 12.5 Å². The summed E-state index contributed by atoms with van der Waals surface area (Å²) in [4.78, 5) is 32.3. The summed E-state index contributed by atoms with van der Waals surface area (Å²) < 4.78 is 1.52. The van der Waals surface area contributed by atoms with Crippen LogP contribution in [0.15, 0.2) is 6.33 Å². The molecule has 3 rings (SSSR count). The fraction of sp³-hybridized carbons (Fsp3) is 0.692. The van der Waals surface area contributed by atoms with E-state index in [0.29, 0.717) is 13.1 Å². The first kappa shape index (κ1) is 13.1. The molecule has 7 nitrogen and oxygen atoms in total. The van der Waals surface area contributed by atoms with Gasteiger partial charge in [0.2, 0.25) is 11.7 Å². The van der Waals surface area contributed by atoms with Gasteiger partial charge in [-0.3, -0.25) is 14.3 Å². The van der Waals surface area contributed by atoms with Crippen molar-refractivity contribution in [1.29, 1.82) is 0 Å². The number of hydrogen-bond donors (Lipinski definition) is 0. The first-order valence-corrected chi connectivity index (χ1v) is 6.92. The van der Waals surface area contributed by atoms with Crippen molar-refractivity contribution in [2.45, 2.75) is 19.3 Å². The maximum absolute atomic E-state index is 12.4. The molecule has 2 aliphatic heterocycles. The van der Waals surface area contributed by atoms with Gasteiger partial charge < -0.3 is 9.80 Å². The van der Waals surface area contributed by atoms with Crippen LogP contribution in [0.3, 0.4) is 0 Å².